The van der Waals surface area contributed by atoms with E-state index in [1.54, 1.807) is 6.07 Å². The summed E-state index contributed by atoms with van der Waals surface area (Å²) in [6.07, 6.45) is 0. The number of rotatable bonds is 8. The molecule has 4 nitrogen and oxygen atoms in total. The lowest BCUT2D eigenvalue weighted by atomic mass is 10.2. The summed E-state index contributed by atoms with van der Waals surface area (Å²) < 4.78 is 5.81. The van der Waals surface area contributed by atoms with Crippen molar-refractivity contribution in [2.45, 2.75) is 6.54 Å². The molecule has 0 aliphatic carbocycles. The molecule has 0 atom stereocenters. The van der Waals surface area contributed by atoms with E-state index in [0.717, 1.165) is 43.3 Å². The van der Waals surface area contributed by atoms with Gasteiger partial charge in [-0.15, -0.1) is 0 Å². The molecular weight excluding hydrogens is 311 g/mol. The fraction of sp³-hybridized carbons (Fsp3) is 0.333. The first-order chi connectivity index (χ1) is 10.2. The van der Waals surface area contributed by atoms with Gasteiger partial charge in [-0.3, -0.25) is 0 Å². The molecule has 1 heterocycles. The van der Waals surface area contributed by atoms with Gasteiger partial charge < -0.3 is 20.2 Å². The van der Waals surface area contributed by atoms with Gasteiger partial charge in [-0.05, 0) is 30.3 Å². The Balaban J connectivity index is 1.86. The molecule has 0 saturated carbocycles. The molecule has 0 unspecified atom stereocenters. The van der Waals surface area contributed by atoms with Crippen LogP contribution in [0.1, 0.15) is 5.76 Å². The first kappa shape index (κ1) is 16.3. The zero-order chi connectivity index (χ0) is 15.1. The summed E-state index contributed by atoms with van der Waals surface area (Å²) in [6, 6.07) is 9.28. The van der Waals surface area contributed by atoms with Crippen molar-refractivity contribution in [3.63, 3.8) is 0 Å². The highest BCUT2D eigenvalue weighted by Gasteiger charge is 2.08. The van der Waals surface area contributed by atoms with Crippen molar-refractivity contribution in [1.29, 1.82) is 0 Å². The van der Waals surface area contributed by atoms with E-state index in [-0.39, 0.29) is 6.61 Å². The van der Waals surface area contributed by atoms with Crippen LogP contribution in [-0.2, 0) is 6.54 Å². The molecule has 0 aliphatic heterocycles. The summed E-state index contributed by atoms with van der Waals surface area (Å²) in [7, 11) is 0. The zero-order valence-electron chi connectivity index (χ0n) is 11.7. The molecule has 1 aromatic carbocycles. The Morgan fingerprint density at radius 1 is 0.952 bits per heavy atom. The van der Waals surface area contributed by atoms with E-state index in [4.69, 9.17) is 32.7 Å². The molecular formula is C15H20Cl2N2O2+2. The van der Waals surface area contributed by atoms with Crippen LogP contribution in [0.4, 0.5) is 0 Å². The highest BCUT2D eigenvalue weighted by molar-refractivity contribution is 6.35. The van der Waals surface area contributed by atoms with Crippen molar-refractivity contribution < 1.29 is 20.2 Å². The zero-order valence-corrected chi connectivity index (χ0v) is 13.2. The third-order valence-electron chi connectivity index (χ3n) is 3.06. The first-order valence-corrected chi connectivity index (χ1v) is 7.74. The second kappa shape index (κ2) is 8.41. The summed E-state index contributed by atoms with van der Waals surface area (Å²) in [5.74, 6) is 1.69. The van der Waals surface area contributed by atoms with Crippen LogP contribution in [0.2, 0.25) is 10.0 Å². The van der Waals surface area contributed by atoms with Gasteiger partial charge in [0, 0.05) is 15.6 Å². The predicted octanol–water partition coefficient (Wildman–Crippen LogP) is 0.873. The summed E-state index contributed by atoms with van der Waals surface area (Å²) in [5.41, 5.74) is 0.884. The van der Waals surface area contributed by atoms with Crippen molar-refractivity contribution in [2.24, 2.45) is 0 Å². The smallest absolute Gasteiger partial charge is 0.158 e. The molecule has 0 saturated heterocycles. The number of hydrogen-bond donors (Lipinski definition) is 3. The Kier molecular flexibility index (Phi) is 6.54. The first-order valence-electron chi connectivity index (χ1n) is 6.98. The van der Waals surface area contributed by atoms with Crippen molar-refractivity contribution in [3.05, 3.63) is 46.1 Å². The predicted molar refractivity (Wildman–Crippen MR) is 83.4 cm³/mol. The van der Waals surface area contributed by atoms with Gasteiger partial charge in [0.25, 0.3) is 0 Å². The van der Waals surface area contributed by atoms with Gasteiger partial charge in [-0.25, -0.2) is 0 Å². The minimum Gasteiger partial charge on any atom is -0.455 e. The molecule has 0 amide bonds. The van der Waals surface area contributed by atoms with Gasteiger partial charge in [0.15, 0.2) is 5.76 Å². The maximum atomic E-state index is 8.68. The Morgan fingerprint density at radius 2 is 1.67 bits per heavy atom. The fourth-order valence-corrected chi connectivity index (χ4v) is 2.58. The van der Waals surface area contributed by atoms with Gasteiger partial charge in [-0.1, -0.05) is 23.2 Å². The number of halogens is 2. The number of hydrogen-bond acceptors (Lipinski definition) is 2. The standard InChI is InChI=1S/C15H18Cl2N2O2/c16-12-7-11(8-13(17)9-12)15-2-1-14(21-15)10-19-4-3-18-5-6-20/h1-2,7-9,18-20H,3-6,10H2/p+2. The third-order valence-corrected chi connectivity index (χ3v) is 3.50. The minimum atomic E-state index is 0.226. The summed E-state index contributed by atoms with van der Waals surface area (Å²) >= 11 is 12.0. The fourth-order valence-electron chi connectivity index (χ4n) is 2.05. The van der Waals surface area contributed by atoms with Crippen molar-refractivity contribution in [1.82, 2.24) is 0 Å². The molecule has 21 heavy (non-hydrogen) atoms. The summed E-state index contributed by atoms with van der Waals surface area (Å²) in [4.78, 5) is 0. The van der Waals surface area contributed by atoms with Crippen LogP contribution in [-0.4, -0.2) is 31.3 Å². The number of furan rings is 1. The van der Waals surface area contributed by atoms with Crippen LogP contribution in [0, 0.1) is 0 Å². The molecule has 1 aromatic heterocycles. The number of aliphatic hydroxyl groups is 1. The maximum Gasteiger partial charge on any atom is 0.158 e. The second-order valence-corrected chi connectivity index (χ2v) is 5.67. The second-order valence-electron chi connectivity index (χ2n) is 4.80. The topological polar surface area (TPSA) is 66.6 Å². The Morgan fingerprint density at radius 3 is 2.38 bits per heavy atom. The van der Waals surface area contributed by atoms with Gasteiger partial charge in [-0.2, -0.15) is 0 Å². The van der Waals surface area contributed by atoms with Crippen molar-refractivity contribution in [2.75, 3.05) is 26.2 Å². The highest BCUT2D eigenvalue weighted by Crippen LogP contribution is 2.28. The van der Waals surface area contributed by atoms with Crippen molar-refractivity contribution >= 4 is 23.2 Å². The van der Waals surface area contributed by atoms with Gasteiger partial charge in [0.05, 0.1) is 13.2 Å². The van der Waals surface area contributed by atoms with E-state index in [1.807, 2.05) is 24.3 Å². The van der Waals surface area contributed by atoms with Crippen LogP contribution in [0.15, 0.2) is 34.7 Å². The van der Waals surface area contributed by atoms with E-state index in [2.05, 4.69) is 10.6 Å². The molecule has 0 bridgehead atoms. The normalized spacial score (nSPS) is 11.0. The Hall–Kier alpha value is -1.04. The van der Waals surface area contributed by atoms with E-state index in [9.17, 15) is 0 Å². The average Bonchev–Trinajstić information content (AvgIpc) is 2.90. The molecule has 0 radical (unpaired) electrons. The minimum absolute atomic E-state index is 0.226. The van der Waals surface area contributed by atoms with Crippen molar-refractivity contribution in [3.8, 4) is 11.3 Å². The largest absolute Gasteiger partial charge is 0.455 e. The highest BCUT2D eigenvalue weighted by atomic mass is 35.5. The molecule has 0 fully saturated rings. The quantitative estimate of drug-likeness (QED) is 0.629. The molecule has 5 N–H and O–H groups in total. The number of benzene rings is 1. The number of aliphatic hydroxyl groups excluding tert-OH is 1. The monoisotopic (exact) mass is 330 g/mol. The molecule has 114 valence electrons. The number of nitrogens with two attached hydrogens (primary N) is 2. The van der Waals surface area contributed by atoms with Gasteiger partial charge in [0.1, 0.15) is 25.4 Å². The van der Waals surface area contributed by atoms with E-state index < -0.39 is 0 Å². The van der Waals surface area contributed by atoms with Crippen LogP contribution in [0.5, 0.6) is 0 Å². The molecule has 0 spiro atoms. The molecule has 2 rings (SSSR count). The van der Waals surface area contributed by atoms with Gasteiger partial charge >= 0.3 is 0 Å². The van der Waals surface area contributed by atoms with E-state index in [0.29, 0.717) is 10.0 Å². The molecule has 6 heteroatoms. The lowest BCUT2D eigenvalue weighted by Crippen LogP contribution is -2.94. The van der Waals surface area contributed by atoms with E-state index >= 15 is 0 Å². The maximum absolute atomic E-state index is 8.68. The van der Waals surface area contributed by atoms with Gasteiger partial charge in [0.2, 0.25) is 0 Å². The lowest BCUT2D eigenvalue weighted by molar-refractivity contribution is -0.732. The molecule has 0 aliphatic rings. The van der Waals surface area contributed by atoms with E-state index in [1.165, 1.54) is 0 Å². The SMILES string of the molecule is OCC[NH2+]CC[NH2+]Cc1ccc(-c2cc(Cl)cc(Cl)c2)o1. The Bertz CT molecular complexity index is 552. The summed E-state index contributed by atoms with van der Waals surface area (Å²) in [5, 5.41) is 14.1. The van der Waals surface area contributed by atoms with Crippen LogP contribution in [0.3, 0.4) is 0 Å². The average molecular weight is 331 g/mol. The Labute approximate surface area is 134 Å². The lowest BCUT2D eigenvalue weighted by Gasteiger charge is -2.01. The number of quaternary nitrogens is 2. The van der Waals surface area contributed by atoms with Crippen LogP contribution < -0.4 is 10.6 Å². The summed E-state index contributed by atoms with van der Waals surface area (Å²) in [6.45, 7) is 3.75. The van der Waals surface area contributed by atoms with Crippen LogP contribution >= 0.6 is 23.2 Å². The third kappa shape index (κ3) is 5.34. The molecule has 2 aromatic rings. The van der Waals surface area contributed by atoms with Crippen LogP contribution in [0.25, 0.3) is 11.3 Å².